The Morgan fingerprint density at radius 3 is 2.87 bits per heavy atom. The van der Waals surface area contributed by atoms with Gasteiger partial charge in [-0.1, -0.05) is 0 Å². The van der Waals surface area contributed by atoms with E-state index in [1.807, 2.05) is 0 Å². The smallest absolute Gasteiger partial charge is 0.198 e. The summed E-state index contributed by atoms with van der Waals surface area (Å²) in [5.74, 6) is -0.289. The van der Waals surface area contributed by atoms with Crippen molar-refractivity contribution in [1.82, 2.24) is 0 Å². The van der Waals surface area contributed by atoms with Crippen molar-refractivity contribution in [2.24, 2.45) is 0 Å². The van der Waals surface area contributed by atoms with Crippen molar-refractivity contribution in [1.29, 1.82) is 0 Å². The highest BCUT2D eigenvalue weighted by molar-refractivity contribution is 7.95. The number of methoxy groups -OCH3 is 1. The predicted octanol–water partition coefficient (Wildman–Crippen LogP) is 1.12. The second-order valence-corrected chi connectivity index (χ2v) is 6.54. The number of hydrogen-bond donors (Lipinski definition) is 0. The van der Waals surface area contributed by atoms with Gasteiger partial charge in [0.15, 0.2) is 15.6 Å². The zero-order chi connectivity index (χ0) is 11.1. The van der Waals surface area contributed by atoms with Crippen molar-refractivity contribution in [3.8, 4) is 0 Å². The van der Waals surface area contributed by atoms with Crippen LogP contribution in [0.4, 0.5) is 0 Å². The van der Waals surface area contributed by atoms with Gasteiger partial charge in [0.1, 0.15) is 9.46 Å². The predicted molar refractivity (Wildman–Crippen MR) is 56.1 cm³/mol. The Labute approximate surface area is 91.8 Å². The lowest BCUT2D eigenvalue weighted by molar-refractivity contribution is 0.0972. The number of hydrogen-bond acceptors (Lipinski definition) is 5. The maximum absolute atomic E-state index is 11.9. The number of rotatable bonds is 3. The van der Waals surface area contributed by atoms with E-state index in [2.05, 4.69) is 0 Å². The monoisotopic (exact) mass is 246 g/mol. The van der Waals surface area contributed by atoms with Crippen molar-refractivity contribution in [3.63, 3.8) is 0 Å². The maximum atomic E-state index is 11.9. The van der Waals surface area contributed by atoms with Gasteiger partial charge in [-0.2, -0.15) is 0 Å². The summed E-state index contributed by atoms with van der Waals surface area (Å²) < 4.78 is 28.8. The molecular weight excluding hydrogens is 236 g/mol. The lowest BCUT2D eigenvalue weighted by Crippen LogP contribution is -2.24. The molecule has 82 valence electrons. The van der Waals surface area contributed by atoms with Crippen LogP contribution in [0.25, 0.3) is 0 Å². The highest BCUT2D eigenvalue weighted by Crippen LogP contribution is 2.36. The SMILES string of the molecule is COCCC1C(=O)c2ccsc2S1(=O)=O. The van der Waals surface area contributed by atoms with E-state index >= 15 is 0 Å². The van der Waals surface area contributed by atoms with Gasteiger partial charge in [-0.3, -0.25) is 4.79 Å². The van der Waals surface area contributed by atoms with E-state index < -0.39 is 15.1 Å². The highest BCUT2D eigenvalue weighted by atomic mass is 32.2. The molecule has 0 aliphatic carbocycles. The molecule has 0 N–H and O–H groups in total. The summed E-state index contributed by atoms with van der Waals surface area (Å²) in [6.07, 6.45) is 0.235. The fourth-order valence-corrected chi connectivity index (χ4v) is 4.88. The molecule has 1 aromatic rings. The summed E-state index contributed by atoms with van der Waals surface area (Å²) in [5.41, 5.74) is 0.348. The first-order chi connectivity index (χ1) is 7.09. The summed E-state index contributed by atoms with van der Waals surface area (Å²) in [5, 5.41) is 0.701. The van der Waals surface area contributed by atoms with Crippen LogP contribution < -0.4 is 0 Å². The molecule has 1 aliphatic heterocycles. The Morgan fingerprint density at radius 2 is 2.27 bits per heavy atom. The average molecular weight is 246 g/mol. The molecule has 0 aromatic carbocycles. The first kappa shape index (κ1) is 10.8. The van der Waals surface area contributed by atoms with Gasteiger partial charge in [0.05, 0.1) is 0 Å². The van der Waals surface area contributed by atoms with Crippen LogP contribution in [0, 0.1) is 0 Å². The summed E-state index contributed by atoms with van der Waals surface area (Å²) in [6.45, 7) is 0.282. The number of ether oxygens (including phenoxy) is 1. The van der Waals surface area contributed by atoms with Crippen LogP contribution in [0.2, 0.25) is 0 Å². The molecule has 1 atom stereocenters. The largest absolute Gasteiger partial charge is 0.385 e. The molecule has 1 aliphatic rings. The Kier molecular flexibility index (Phi) is 2.66. The topological polar surface area (TPSA) is 60.4 Å². The molecule has 0 spiro atoms. The zero-order valence-corrected chi connectivity index (χ0v) is 9.73. The molecule has 6 heteroatoms. The molecule has 0 radical (unpaired) electrons. The van der Waals surface area contributed by atoms with Crippen molar-refractivity contribution < 1.29 is 17.9 Å². The zero-order valence-electron chi connectivity index (χ0n) is 8.10. The van der Waals surface area contributed by atoms with E-state index in [1.54, 1.807) is 11.4 Å². The Bertz CT molecular complexity index is 486. The third-order valence-electron chi connectivity index (χ3n) is 2.40. The fourth-order valence-electron chi connectivity index (χ4n) is 1.65. The summed E-state index contributed by atoms with van der Waals surface area (Å²) >= 11 is 1.11. The molecule has 0 saturated heterocycles. The third-order valence-corrected chi connectivity index (χ3v) is 6.03. The second-order valence-electron chi connectivity index (χ2n) is 3.30. The van der Waals surface area contributed by atoms with Crippen molar-refractivity contribution in [2.45, 2.75) is 15.9 Å². The minimum absolute atomic E-state index is 0.216. The maximum Gasteiger partial charge on any atom is 0.198 e. The van der Waals surface area contributed by atoms with E-state index in [0.717, 1.165) is 11.3 Å². The van der Waals surface area contributed by atoms with Gasteiger partial charge in [0, 0.05) is 19.3 Å². The quantitative estimate of drug-likeness (QED) is 0.802. The lowest BCUT2D eigenvalue weighted by atomic mass is 10.1. The van der Waals surface area contributed by atoms with E-state index in [-0.39, 0.29) is 23.0 Å². The molecule has 0 bridgehead atoms. The van der Waals surface area contributed by atoms with Crippen molar-refractivity contribution in [3.05, 3.63) is 17.0 Å². The first-order valence-electron chi connectivity index (χ1n) is 4.43. The van der Waals surface area contributed by atoms with Crippen LogP contribution in [-0.4, -0.2) is 33.2 Å². The molecule has 0 saturated carbocycles. The second kappa shape index (κ2) is 3.70. The van der Waals surface area contributed by atoms with E-state index in [0.29, 0.717) is 5.56 Å². The number of carbonyl (C=O) groups excluding carboxylic acids is 1. The van der Waals surface area contributed by atoms with E-state index in [4.69, 9.17) is 4.74 Å². The summed E-state index contributed by atoms with van der Waals surface area (Å²) in [7, 11) is -1.95. The number of thiophene rings is 1. The molecule has 4 nitrogen and oxygen atoms in total. The molecule has 2 heterocycles. The first-order valence-corrected chi connectivity index (χ1v) is 6.86. The van der Waals surface area contributed by atoms with Gasteiger partial charge in [-0.25, -0.2) is 8.42 Å². The van der Waals surface area contributed by atoms with Crippen molar-refractivity contribution >= 4 is 27.0 Å². The Balaban J connectivity index is 2.39. The van der Waals surface area contributed by atoms with Gasteiger partial charge < -0.3 is 4.74 Å². The molecule has 15 heavy (non-hydrogen) atoms. The molecular formula is C9H10O4S2. The molecule has 1 unspecified atom stereocenters. The van der Waals surface area contributed by atoms with Crippen LogP contribution in [-0.2, 0) is 14.6 Å². The molecule has 0 fully saturated rings. The number of Topliss-reactive ketones (excluding diaryl/α,β-unsaturated/α-hetero) is 1. The minimum atomic E-state index is -3.44. The normalized spacial score (nSPS) is 23.0. The minimum Gasteiger partial charge on any atom is -0.385 e. The van der Waals surface area contributed by atoms with E-state index in [1.165, 1.54) is 7.11 Å². The number of fused-ring (bicyclic) bond motifs is 1. The lowest BCUT2D eigenvalue weighted by Gasteiger charge is -2.06. The van der Waals surface area contributed by atoms with Crippen LogP contribution in [0.1, 0.15) is 16.8 Å². The van der Waals surface area contributed by atoms with Crippen LogP contribution >= 0.6 is 11.3 Å². The van der Waals surface area contributed by atoms with E-state index in [9.17, 15) is 13.2 Å². The van der Waals surface area contributed by atoms with Crippen LogP contribution in [0.5, 0.6) is 0 Å². The van der Waals surface area contributed by atoms with Crippen LogP contribution in [0.15, 0.2) is 15.7 Å². The van der Waals surface area contributed by atoms with Gasteiger partial charge in [0.2, 0.25) is 0 Å². The highest BCUT2D eigenvalue weighted by Gasteiger charge is 2.44. The van der Waals surface area contributed by atoms with Gasteiger partial charge in [-0.05, 0) is 17.9 Å². The van der Waals surface area contributed by atoms with Crippen LogP contribution in [0.3, 0.4) is 0 Å². The van der Waals surface area contributed by atoms with Gasteiger partial charge in [0.25, 0.3) is 0 Å². The molecule has 2 rings (SSSR count). The molecule has 1 aromatic heterocycles. The fraction of sp³-hybridized carbons (Fsp3) is 0.444. The third kappa shape index (κ3) is 1.53. The Hall–Kier alpha value is -0.720. The Morgan fingerprint density at radius 1 is 1.53 bits per heavy atom. The average Bonchev–Trinajstić information content (AvgIpc) is 2.71. The number of ketones is 1. The van der Waals surface area contributed by atoms with Gasteiger partial charge in [-0.15, -0.1) is 11.3 Å². The number of sulfone groups is 1. The summed E-state index contributed by atoms with van der Waals surface area (Å²) in [6, 6.07) is 1.58. The molecule has 0 amide bonds. The van der Waals surface area contributed by atoms with Gasteiger partial charge >= 0.3 is 0 Å². The van der Waals surface area contributed by atoms with Crippen molar-refractivity contribution in [2.75, 3.05) is 13.7 Å². The summed E-state index contributed by atoms with van der Waals surface area (Å²) in [4.78, 5) is 11.8. The number of carbonyl (C=O) groups is 1. The standard InChI is InChI=1S/C9H10O4S2/c1-13-4-2-7-8(10)6-3-5-14-9(6)15(7,11)12/h3,5,7H,2,4H2,1H3.